The van der Waals surface area contributed by atoms with Gasteiger partial charge in [0, 0.05) is 23.7 Å². The van der Waals surface area contributed by atoms with E-state index in [1.54, 1.807) is 30.2 Å². The number of pyridine rings is 1. The molecule has 0 unspecified atom stereocenters. The number of ketones is 1. The highest BCUT2D eigenvalue weighted by Gasteiger charge is 2.07. The summed E-state index contributed by atoms with van der Waals surface area (Å²) in [5.41, 5.74) is 2.06. The van der Waals surface area contributed by atoms with E-state index >= 15 is 0 Å². The Labute approximate surface area is 122 Å². The molecule has 1 aromatic heterocycles. The fraction of sp³-hybridized carbons (Fsp3) is 0.200. The first-order chi connectivity index (χ1) is 9.15. The quantitative estimate of drug-likeness (QED) is 0.781. The number of Topliss-reactive ketones (excluding diaryl/α,β-unsaturated/α-hetero) is 1. The normalized spacial score (nSPS) is 10.4. The van der Waals surface area contributed by atoms with Crippen molar-refractivity contribution in [1.82, 2.24) is 4.98 Å². The van der Waals surface area contributed by atoms with Gasteiger partial charge in [-0.2, -0.15) is 0 Å². The van der Waals surface area contributed by atoms with E-state index in [-0.39, 0.29) is 5.78 Å². The van der Waals surface area contributed by atoms with Gasteiger partial charge in [-0.05, 0) is 30.7 Å². The van der Waals surface area contributed by atoms with Gasteiger partial charge in [0.25, 0.3) is 0 Å². The van der Waals surface area contributed by atoms with Crippen LogP contribution >= 0.6 is 23.4 Å². The van der Waals surface area contributed by atoms with Crippen LogP contribution in [-0.2, 0) is 11.2 Å². The largest absolute Gasteiger partial charge is 0.298 e. The molecule has 0 bridgehead atoms. The standard InChI is InChI=1S/C15H14ClNOS/c1-11-2-4-14(5-3-11)19-10-13(18)8-12-6-7-17-9-15(12)16/h2-7,9H,8,10H2,1H3. The van der Waals surface area contributed by atoms with Crippen LogP contribution in [0, 0.1) is 6.92 Å². The predicted octanol–water partition coefficient (Wildman–Crippen LogP) is 3.95. The molecule has 98 valence electrons. The Morgan fingerprint density at radius 3 is 2.68 bits per heavy atom. The summed E-state index contributed by atoms with van der Waals surface area (Å²) in [6, 6.07) is 9.95. The Balaban J connectivity index is 1.88. The Morgan fingerprint density at radius 1 is 1.26 bits per heavy atom. The van der Waals surface area contributed by atoms with Gasteiger partial charge in [0.1, 0.15) is 5.78 Å². The van der Waals surface area contributed by atoms with E-state index in [0.29, 0.717) is 17.2 Å². The number of carbonyl (C=O) groups is 1. The summed E-state index contributed by atoms with van der Waals surface area (Å²) in [5.74, 6) is 0.625. The molecular weight excluding hydrogens is 278 g/mol. The van der Waals surface area contributed by atoms with Crippen molar-refractivity contribution >= 4 is 29.1 Å². The van der Waals surface area contributed by atoms with Gasteiger partial charge in [-0.25, -0.2) is 0 Å². The summed E-state index contributed by atoms with van der Waals surface area (Å²) in [4.78, 5) is 16.9. The fourth-order valence-corrected chi connectivity index (χ4v) is 2.55. The lowest BCUT2D eigenvalue weighted by molar-refractivity contribution is -0.116. The summed E-state index contributed by atoms with van der Waals surface area (Å²) in [6.07, 6.45) is 3.58. The zero-order valence-corrected chi connectivity index (χ0v) is 12.2. The van der Waals surface area contributed by atoms with Crippen molar-refractivity contribution in [2.75, 3.05) is 5.75 Å². The van der Waals surface area contributed by atoms with Crippen molar-refractivity contribution in [2.45, 2.75) is 18.2 Å². The summed E-state index contributed by atoms with van der Waals surface area (Å²) in [5, 5.41) is 0.552. The van der Waals surface area contributed by atoms with Crippen LogP contribution in [0.5, 0.6) is 0 Å². The maximum Gasteiger partial charge on any atom is 0.147 e. The second kappa shape index (κ2) is 6.73. The number of benzene rings is 1. The van der Waals surface area contributed by atoms with Crippen molar-refractivity contribution in [3.8, 4) is 0 Å². The van der Waals surface area contributed by atoms with E-state index in [2.05, 4.69) is 4.98 Å². The Kier molecular flexibility index (Phi) is 5.00. The molecule has 0 aliphatic rings. The van der Waals surface area contributed by atoms with Gasteiger partial charge in [-0.15, -0.1) is 11.8 Å². The summed E-state index contributed by atoms with van der Waals surface area (Å²) < 4.78 is 0. The van der Waals surface area contributed by atoms with Crippen LogP contribution in [0.25, 0.3) is 0 Å². The van der Waals surface area contributed by atoms with Gasteiger partial charge in [-0.1, -0.05) is 29.3 Å². The summed E-state index contributed by atoms with van der Waals surface area (Å²) >= 11 is 7.54. The van der Waals surface area contributed by atoms with Crippen LogP contribution in [0.15, 0.2) is 47.6 Å². The van der Waals surface area contributed by atoms with Crippen molar-refractivity contribution in [1.29, 1.82) is 0 Å². The lowest BCUT2D eigenvalue weighted by Crippen LogP contribution is -2.06. The van der Waals surface area contributed by atoms with Crippen LogP contribution in [0.2, 0.25) is 5.02 Å². The van der Waals surface area contributed by atoms with Gasteiger partial charge in [0.2, 0.25) is 0 Å². The number of aromatic nitrogens is 1. The first-order valence-corrected chi connectivity index (χ1v) is 7.31. The number of hydrogen-bond donors (Lipinski definition) is 0. The molecule has 2 nitrogen and oxygen atoms in total. The molecule has 0 aliphatic heterocycles. The zero-order chi connectivity index (χ0) is 13.7. The number of carbonyl (C=O) groups excluding carboxylic acids is 1. The van der Waals surface area contributed by atoms with Crippen LogP contribution in [0.3, 0.4) is 0 Å². The molecule has 0 amide bonds. The van der Waals surface area contributed by atoms with Gasteiger partial charge in [0.15, 0.2) is 0 Å². The van der Waals surface area contributed by atoms with Crippen LogP contribution in [0.4, 0.5) is 0 Å². The first-order valence-electron chi connectivity index (χ1n) is 5.95. The van der Waals surface area contributed by atoms with Crippen molar-refractivity contribution in [2.24, 2.45) is 0 Å². The third-order valence-corrected chi connectivity index (χ3v) is 4.08. The Hall–Kier alpha value is -1.32. The van der Waals surface area contributed by atoms with E-state index in [1.165, 1.54) is 5.56 Å². The monoisotopic (exact) mass is 291 g/mol. The minimum atomic E-state index is 0.165. The lowest BCUT2D eigenvalue weighted by Gasteiger charge is -2.04. The molecular formula is C15H14ClNOS. The molecule has 0 N–H and O–H groups in total. The van der Waals surface area contributed by atoms with E-state index in [1.807, 2.05) is 31.2 Å². The Morgan fingerprint density at radius 2 is 2.00 bits per heavy atom. The van der Waals surface area contributed by atoms with Gasteiger partial charge < -0.3 is 0 Å². The van der Waals surface area contributed by atoms with Crippen LogP contribution < -0.4 is 0 Å². The lowest BCUT2D eigenvalue weighted by atomic mass is 10.1. The zero-order valence-electron chi connectivity index (χ0n) is 10.6. The van der Waals surface area contributed by atoms with Crippen molar-refractivity contribution in [3.63, 3.8) is 0 Å². The molecule has 0 atom stereocenters. The summed E-state index contributed by atoms with van der Waals surface area (Å²) in [6.45, 7) is 2.05. The van der Waals surface area contributed by atoms with Crippen molar-refractivity contribution in [3.05, 3.63) is 58.9 Å². The van der Waals surface area contributed by atoms with Crippen molar-refractivity contribution < 1.29 is 4.79 Å². The SMILES string of the molecule is Cc1ccc(SCC(=O)Cc2ccncc2Cl)cc1. The number of nitrogens with zero attached hydrogens (tertiary/aromatic N) is 1. The molecule has 1 aromatic carbocycles. The molecule has 2 aromatic rings. The molecule has 1 heterocycles. The Bertz CT molecular complexity index is 569. The molecule has 0 fully saturated rings. The highest BCUT2D eigenvalue weighted by molar-refractivity contribution is 8.00. The molecule has 0 saturated carbocycles. The maximum absolute atomic E-state index is 11.9. The topological polar surface area (TPSA) is 30.0 Å². The molecule has 4 heteroatoms. The average Bonchev–Trinajstić information content (AvgIpc) is 2.41. The number of rotatable bonds is 5. The highest BCUT2D eigenvalue weighted by Crippen LogP contribution is 2.20. The van der Waals surface area contributed by atoms with Crippen LogP contribution in [0.1, 0.15) is 11.1 Å². The minimum Gasteiger partial charge on any atom is -0.298 e. The smallest absolute Gasteiger partial charge is 0.147 e. The second-order valence-corrected chi connectivity index (χ2v) is 5.74. The third-order valence-electron chi connectivity index (χ3n) is 2.66. The molecule has 0 aliphatic carbocycles. The van der Waals surface area contributed by atoms with Crippen LogP contribution in [-0.4, -0.2) is 16.5 Å². The molecule has 2 rings (SSSR count). The van der Waals surface area contributed by atoms with E-state index in [4.69, 9.17) is 11.6 Å². The van der Waals surface area contributed by atoms with E-state index in [0.717, 1.165) is 10.5 Å². The van der Waals surface area contributed by atoms with E-state index < -0.39 is 0 Å². The highest BCUT2D eigenvalue weighted by atomic mass is 35.5. The fourth-order valence-electron chi connectivity index (χ4n) is 1.61. The second-order valence-electron chi connectivity index (χ2n) is 4.28. The maximum atomic E-state index is 11.9. The van der Waals surface area contributed by atoms with E-state index in [9.17, 15) is 4.79 Å². The third kappa shape index (κ3) is 4.37. The molecule has 0 spiro atoms. The average molecular weight is 292 g/mol. The van der Waals surface area contributed by atoms with Gasteiger partial charge >= 0.3 is 0 Å². The number of halogens is 1. The minimum absolute atomic E-state index is 0.165. The van der Waals surface area contributed by atoms with Gasteiger partial charge in [0.05, 0.1) is 10.8 Å². The molecule has 0 radical (unpaired) electrons. The number of thioether (sulfide) groups is 1. The predicted molar refractivity (Wildman–Crippen MR) is 79.9 cm³/mol. The molecule has 0 saturated heterocycles. The molecule has 19 heavy (non-hydrogen) atoms. The number of aryl methyl sites for hydroxylation is 1. The number of hydrogen-bond acceptors (Lipinski definition) is 3. The summed E-state index contributed by atoms with van der Waals surface area (Å²) in [7, 11) is 0. The van der Waals surface area contributed by atoms with Gasteiger partial charge in [-0.3, -0.25) is 9.78 Å². The first kappa shape index (κ1) is 14.1.